The van der Waals surface area contributed by atoms with Crippen LogP contribution in [0.2, 0.25) is 0 Å². The summed E-state index contributed by atoms with van der Waals surface area (Å²) >= 11 is 1.75. The molecular weight excluding hydrogens is 282 g/mol. The molecule has 0 aliphatic rings. The van der Waals surface area contributed by atoms with Gasteiger partial charge in [0.15, 0.2) is 11.5 Å². The van der Waals surface area contributed by atoms with Crippen molar-refractivity contribution in [2.75, 3.05) is 19.0 Å². The predicted octanol–water partition coefficient (Wildman–Crippen LogP) is 4.13. The number of benzene rings is 2. The minimum atomic E-state index is 0.546. The van der Waals surface area contributed by atoms with E-state index in [1.165, 1.54) is 4.90 Å². The molecule has 0 bridgehead atoms. The summed E-state index contributed by atoms with van der Waals surface area (Å²) in [6.45, 7) is 3.05. The second kappa shape index (κ2) is 8.23. The van der Waals surface area contributed by atoms with Crippen molar-refractivity contribution in [1.82, 2.24) is 0 Å². The summed E-state index contributed by atoms with van der Waals surface area (Å²) in [7, 11) is 0. The van der Waals surface area contributed by atoms with Gasteiger partial charge >= 0.3 is 0 Å². The molecule has 0 radical (unpaired) electrons. The topological polar surface area (TPSA) is 42.2 Å². The average Bonchev–Trinajstić information content (AvgIpc) is 2.54. The van der Waals surface area contributed by atoms with E-state index in [-0.39, 0.29) is 0 Å². The first-order valence-corrected chi connectivity index (χ1v) is 7.79. The minimum Gasteiger partial charge on any atom is -0.490 e. The van der Waals surface area contributed by atoms with E-state index in [2.05, 4.69) is 18.2 Å². The summed E-state index contributed by atoms with van der Waals surface area (Å²) in [6.07, 6.45) is 0. The monoisotopic (exact) mass is 299 g/mol. The van der Waals surface area contributed by atoms with Gasteiger partial charge in [0.25, 0.3) is 0 Å². The normalized spacial score (nSPS) is 9.90. The molecule has 2 rings (SSSR count). The highest BCUT2D eigenvalue weighted by molar-refractivity contribution is 7.99. The van der Waals surface area contributed by atoms with E-state index < -0.39 is 0 Å². The fraction of sp³-hybridized carbons (Fsp3) is 0.235. The van der Waals surface area contributed by atoms with Gasteiger partial charge in [-0.1, -0.05) is 18.2 Å². The quantitative estimate of drug-likeness (QED) is 0.569. The summed E-state index contributed by atoms with van der Waals surface area (Å²) in [5, 5.41) is 8.91. The van der Waals surface area contributed by atoms with Crippen LogP contribution in [0.5, 0.6) is 11.5 Å². The van der Waals surface area contributed by atoms with Gasteiger partial charge < -0.3 is 9.47 Å². The number of nitrogens with zero attached hydrogens (tertiary/aromatic N) is 1. The van der Waals surface area contributed by atoms with Gasteiger partial charge in [-0.3, -0.25) is 0 Å². The van der Waals surface area contributed by atoms with Crippen molar-refractivity contribution in [2.24, 2.45) is 0 Å². The van der Waals surface area contributed by atoms with Gasteiger partial charge in [0.1, 0.15) is 0 Å². The smallest absolute Gasteiger partial charge is 0.162 e. The van der Waals surface area contributed by atoms with Gasteiger partial charge in [0.05, 0.1) is 24.8 Å². The van der Waals surface area contributed by atoms with Crippen molar-refractivity contribution in [3.8, 4) is 17.6 Å². The van der Waals surface area contributed by atoms with Crippen LogP contribution < -0.4 is 9.47 Å². The molecule has 0 aliphatic heterocycles. The van der Waals surface area contributed by atoms with Gasteiger partial charge in [-0.2, -0.15) is 5.26 Å². The molecule has 108 valence electrons. The number of thioether (sulfide) groups is 1. The molecule has 3 nitrogen and oxygen atoms in total. The lowest BCUT2D eigenvalue weighted by Crippen LogP contribution is -2.03. The maximum Gasteiger partial charge on any atom is 0.162 e. The zero-order valence-corrected chi connectivity index (χ0v) is 12.7. The maximum atomic E-state index is 8.91. The van der Waals surface area contributed by atoms with Crippen molar-refractivity contribution < 1.29 is 9.47 Å². The van der Waals surface area contributed by atoms with Crippen LogP contribution in [-0.4, -0.2) is 19.0 Å². The van der Waals surface area contributed by atoms with E-state index in [1.54, 1.807) is 30.0 Å². The van der Waals surface area contributed by atoms with E-state index in [4.69, 9.17) is 14.7 Å². The van der Waals surface area contributed by atoms with Crippen LogP contribution in [0.25, 0.3) is 0 Å². The lowest BCUT2D eigenvalue weighted by atomic mass is 10.2. The third-order valence-corrected chi connectivity index (χ3v) is 3.70. The molecule has 0 amide bonds. The Labute approximate surface area is 129 Å². The molecule has 0 spiro atoms. The Bertz CT molecular complexity index is 608. The van der Waals surface area contributed by atoms with Gasteiger partial charge in [0.2, 0.25) is 0 Å². The van der Waals surface area contributed by atoms with Gasteiger partial charge in [-0.25, -0.2) is 0 Å². The standard InChI is InChI=1S/C17H17NO2S/c1-2-19-17-12-14(13-18)8-9-16(17)20-10-11-21-15-6-4-3-5-7-15/h3-9,12H,2,10-11H2,1H3. The lowest BCUT2D eigenvalue weighted by molar-refractivity contribution is 0.289. The molecule has 0 aliphatic carbocycles. The Morgan fingerprint density at radius 3 is 2.57 bits per heavy atom. The minimum absolute atomic E-state index is 0.546. The summed E-state index contributed by atoms with van der Waals surface area (Å²) < 4.78 is 11.3. The summed E-state index contributed by atoms with van der Waals surface area (Å²) in [5.41, 5.74) is 0.574. The molecule has 0 fully saturated rings. The first-order valence-electron chi connectivity index (χ1n) is 6.81. The highest BCUT2D eigenvalue weighted by Crippen LogP contribution is 2.28. The van der Waals surface area contributed by atoms with Gasteiger partial charge in [-0.05, 0) is 31.2 Å². The van der Waals surface area contributed by atoms with Crippen molar-refractivity contribution in [3.05, 3.63) is 54.1 Å². The van der Waals surface area contributed by atoms with E-state index in [9.17, 15) is 0 Å². The molecule has 0 atom stereocenters. The largest absolute Gasteiger partial charge is 0.490 e. The van der Waals surface area contributed by atoms with Crippen LogP contribution in [0, 0.1) is 11.3 Å². The van der Waals surface area contributed by atoms with E-state index in [0.29, 0.717) is 30.3 Å². The fourth-order valence-corrected chi connectivity index (χ4v) is 2.54. The molecular formula is C17H17NO2S. The first kappa shape index (κ1) is 15.3. The van der Waals surface area contributed by atoms with Crippen LogP contribution in [0.3, 0.4) is 0 Å². The number of hydrogen-bond donors (Lipinski definition) is 0. The number of nitriles is 1. The zero-order chi connectivity index (χ0) is 14.9. The van der Waals surface area contributed by atoms with Gasteiger partial charge in [-0.15, -0.1) is 11.8 Å². The molecule has 0 saturated carbocycles. The van der Waals surface area contributed by atoms with Crippen molar-refractivity contribution >= 4 is 11.8 Å². The van der Waals surface area contributed by atoms with Crippen LogP contribution in [0.15, 0.2) is 53.4 Å². The van der Waals surface area contributed by atoms with Crippen molar-refractivity contribution in [3.63, 3.8) is 0 Å². The van der Waals surface area contributed by atoms with Crippen molar-refractivity contribution in [2.45, 2.75) is 11.8 Å². The van der Waals surface area contributed by atoms with Crippen LogP contribution in [0.4, 0.5) is 0 Å². The van der Waals surface area contributed by atoms with Crippen LogP contribution >= 0.6 is 11.8 Å². The summed E-state index contributed by atoms with van der Waals surface area (Å²) in [5.74, 6) is 2.17. The van der Waals surface area contributed by atoms with Crippen LogP contribution in [0.1, 0.15) is 12.5 Å². The van der Waals surface area contributed by atoms with E-state index in [1.807, 2.05) is 25.1 Å². The lowest BCUT2D eigenvalue weighted by Gasteiger charge is -2.12. The number of rotatable bonds is 7. The maximum absolute atomic E-state index is 8.91. The Morgan fingerprint density at radius 1 is 1.05 bits per heavy atom. The van der Waals surface area contributed by atoms with Gasteiger partial charge in [0, 0.05) is 16.7 Å². The SMILES string of the molecule is CCOc1cc(C#N)ccc1OCCSc1ccccc1. The molecule has 21 heavy (non-hydrogen) atoms. The highest BCUT2D eigenvalue weighted by Gasteiger charge is 2.06. The Morgan fingerprint density at radius 2 is 1.86 bits per heavy atom. The molecule has 4 heteroatoms. The fourth-order valence-electron chi connectivity index (χ4n) is 1.79. The Kier molecular flexibility index (Phi) is 5.99. The summed E-state index contributed by atoms with van der Waals surface area (Å²) in [6, 6.07) is 17.6. The number of ether oxygens (including phenoxy) is 2. The zero-order valence-electron chi connectivity index (χ0n) is 11.9. The first-order chi connectivity index (χ1) is 10.3. The molecule has 0 aromatic heterocycles. The highest BCUT2D eigenvalue weighted by atomic mass is 32.2. The second-order valence-electron chi connectivity index (χ2n) is 4.22. The molecule has 2 aromatic rings. The molecule has 2 aromatic carbocycles. The number of hydrogen-bond acceptors (Lipinski definition) is 4. The Hall–Kier alpha value is -2.12. The van der Waals surface area contributed by atoms with Crippen molar-refractivity contribution in [1.29, 1.82) is 5.26 Å². The average molecular weight is 299 g/mol. The molecule has 0 N–H and O–H groups in total. The second-order valence-corrected chi connectivity index (χ2v) is 5.38. The predicted molar refractivity (Wildman–Crippen MR) is 85.0 cm³/mol. The Balaban J connectivity index is 1.89. The van der Waals surface area contributed by atoms with E-state index in [0.717, 1.165) is 5.75 Å². The molecule has 0 heterocycles. The molecule has 0 saturated heterocycles. The van der Waals surface area contributed by atoms with E-state index >= 15 is 0 Å². The third kappa shape index (κ3) is 4.73. The van der Waals surface area contributed by atoms with Crippen LogP contribution in [-0.2, 0) is 0 Å². The summed E-state index contributed by atoms with van der Waals surface area (Å²) in [4.78, 5) is 1.23. The molecule has 0 unspecified atom stereocenters. The third-order valence-electron chi connectivity index (χ3n) is 2.73.